The normalized spacial score (nSPS) is 32.6. The second-order valence-electron chi connectivity index (χ2n) is 5.19. The number of rotatable bonds is 4. The van der Waals surface area contributed by atoms with Crippen LogP contribution in [0.2, 0.25) is 0 Å². The number of methoxy groups -OCH3 is 1. The van der Waals surface area contributed by atoms with Gasteiger partial charge < -0.3 is 4.74 Å². The lowest BCUT2D eigenvalue weighted by Gasteiger charge is -2.48. The van der Waals surface area contributed by atoms with Crippen molar-refractivity contribution < 1.29 is 4.74 Å². The molecule has 2 atom stereocenters. The summed E-state index contributed by atoms with van der Waals surface area (Å²) in [5.41, 5.74) is 0. The number of ether oxygens (including phenoxy) is 1. The summed E-state index contributed by atoms with van der Waals surface area (Å²) in [5, 5.41) is 0. The van der Waals surface area contributed by atoms with E-state index in [1.807, 2.05) is 0 Å². The van der Waals surface area contributed by atoms with Gasteiger partial charge in [-0.25, -0.2) is 0 Å². The molecule has 0 aromatic rings. The summed E-state index contributed by atoms with van der Waals surface area (Å²) in [7, 11) is 1.80. The van der Waals surface area contributed by atoms with Gasteiger partial charge in [-0.2, -0.15) is 0 Å². The number of fused-ring (bicyclic) bond motifs is 1. The van der Waals surface area contributed by atoms with E-state index in [-0.39, 0.29) is 0 Å². The summed E-state index contributed by atoms with van der Waals surface area (Å²) in [5.74, 6) is 0. The molecule has 2 aliphatic heterocycles. The molecule has 0 radical (unpaired) electrons. The molecular formula is C13H26N2O. The highest BCUT2D eigenvalue weighted by molar-refractivity contribution is 4.90. The molecule has 0 amide bonds. The third-order valence-electron chi connectivity index (χ3n) is 4.21. The van der Waals surface area contributed by atoms with Crippen molar-refractivity contribution in [1.82, 2.24) is 9.80 Å². The van der Waals surface area contributed by atoms with Crippen LogP contribution < -0.4 is 0 Å². The van der Waals surface area contributed by atoms with E-state index in [9.17, 15) is 0 Å². The van der Waals surface area contributed by atoms with E-state index in [0.717, 1.165) is 25.2 Å². The predicted octanol–water partition coefficient (Wildman–Crippen LogP) is 1.58. The van der Waals surface area contributed by atoms with Crippen LogP contribution in [-0.2, 0) is 4.74 Å². The molecule has 3 nitrogen and oxygen atoms in total. The molecule has 2 rings (SSSR count). The van der Waals surface area contributed by atoms with Crippen molar-refractivity contribution in [2.45, 2.75) is 44.7 Å². The number of piperidine rings is 1. The number of hydrogen-bond donors (Lipinski definition) is 0. The largest absolute Gasteiger partial charge is 0.383 e. The molecule has 0 spiro atoms. The van der Waals surface area contributed by atoms with Gasteiger partial charge in [-0.3, -0.25) is 9.80 Å². The van der Waals surface area contributed by atoms with Gasteiger partial charge in [-0.1, -0.05) is 13.3 Å². The lowest BCUT2D eigenvalue weighted by Crippen LogP contribution is -2.59. The second kappa shape index (κ2) is 5.99. The van der Waals surface area contributed by atoms with Gasteiger partial charge >= 0.3 is 0 Å². The predicted molar refractivity (Wildman–Crippen MR) is 66.7 cm³/mol. The molecule has 2 fully saturated rings. The standard InChI is InChI=1S/C13H26N2O/c1-3-12-10-14-7-5-4-6-13(14)11-15(12)8-9-16-2/h12-13H,3-11H2,1-2H3. The molecular weight excluding hydrogens is 200 g/mol. The van der Waals surface area contributed by atoms with Crippen molar-refractivity contribution in [3.05, 3.63) is 0 Å². The molecule has 2 aliphatic rings. The molecule has 2 unspecified atom stereocenters. The van der Waals surface area contributed by atoms with Crippen LogP contribution in [0.4, 0.5) is 0 Å². The quantitative estimate of drug-likeness (QED) is 0.724. The minimum atomic E-state index is 0.754. The average molecular weight is 226 g/mol. The summed E-state index contributed by atoms with van der Waals surface area (Å²) in [4.78, 5) is 5.37. The van der Waals surface area contributed by atoms with E-state index in [2.05, 4.69) is 16.7 Å². The lowest BCUT2D eigenvalue weighted by molar-refractivity contribution is -0.00299. The van der Waals surface area contributed by atoms with Crippen LogP contribution in [0.5, 0.6) is 0 Å². The molecule has 2 heterocycles. The number of piperazine rings is 1. The summed E-state index contributed by atoms with van der Waals surface area (Å²) >= 11 is 0. The Bertz CT molecular complexity index is 210. The van der Waals surface area contributed by atoms with E-state index in [4.69, 9.17) is 4.74 Å². The zero-order chi connectivity index (χ0) is 11.4. The molecule has 0 aromatic heterocycles. The van der Waals surface area contributed by atoms with Gasteiger partial charge in [0, 0.05) is 38.8 Å². The first kappa shape index (κ1) is 12.3. The Hall–Kier alpha value is -0.120. The monoisotopic (exact) mass is 226 g/mol. The second-order valence-corrected chi connectivity index (χ2v) is 5.19. The SMILES string of the molecule is CCC1CN2CCCCC2CN1CCOC. The van der Waals surface area contributed by atoms with Crippen LogP contribution in [0.15, 0.2) is 0 Å². The van der Waals surface area contributed by atoms with Gasteiger partial charge in [0.2, 0.25) is 0 Å². The molecule has 16 heavy (non-hydrogen) atoms. The fourth-order valence-electron chi connectivity index (χ4n) is 3.18. The van der Waals surface area contributed by atoms with E-state index in [1.165, 1.54) is 45.3 Å². The van der Waals surface area contributed by atoms with Gasteiger partial charge in [-0.05, 0) is 25.8 Å². The Morgan fingerprint density at radius 3 is 2.88 bits per heavy atom. The lowest BCUT2D eigenvalue weighted by atomic mass is 9.96. The highest BCUT2D eigenvalue weighted by atomic mass is 16.5. The van der Waals surface area contributed by atoms with Crippen LogP contribution in [0.25, 0.3) is 0 Å². The molecule has 94 valence electrons. The molecule has 0 aliphatic carbocycles. The molecule has 3 heteroatoms. The van der Waals surface area contributed by atoms with Crippen molar-refractivity contribution in [3.8, 4) is 0 Å². The van der Waals surface area contributed by atoms with Gasteiger partial charge in [-0.15, -0.1) is 0 Å². The molecule has 0 N–H and O–H groups in total. The first-order chi connectivity index (χ1) is 7.85. The molecule has 2 saturated heterocycles. The van der Waals surface area contributed by atoms with Crippen molar-refractivity contribution in [1.29, 1.82) is 0 Å². The van der Waals surface area contributed by atoms with E-state index < -0.39 is 0 Å². The topological polar surface area (TPSA) is 15.7 Å². The maximum atomic E-state index is 5.22. The average Bonchev–Trinajstić information content (AvgIpc) is 2.35. The van der Waals surface area contributed by atoms with Gasteiger partial charge in [0.15, 0.2) is 0 Å². The summed E-state index contributed by atoms with van der Waals surface area (Å²) in [6.45, 7) is 8.18. The highest BCUT2D eigenvalue weighted by Crippen LogP contribution is 2.24. The van der Waals surface area contributed by atoms with Crippen molar-refractivity contribution in [3.63, 3.8) is 0 Å². The van der Waals surface area contributed by atoms with Crippen molar-refractivity contribution in [2.75, 3.05) is 39.9 Å². The third-order valence-corrected chi connectivity index (χ3v) is 4.21. The fraction of sp³-hybridized carbons (Fsp3) is 1.00. The molecule has 0 aromatic carbocycles. The fourth-order valence-corrected chi connectivity index (χ4v) is 3.18. The first-order valence-corrected chi connectivity index (χ1v) is 6.82. The summed E-state index contributed by atoms with van der Waals surface area (Å²) in [6.07, 6.45) is 5.51. The summed E-state index contributed by atoms with van der Waals surface area (Å²) in [6, 6.07) is 1.58. The Kier molecular flexibility index (Phi) is 4.62. The van der Waals surface area contributed by atoms with Gasteiger partial charge in [0.25, 0.3) is 0 Å². The van der Waals surface area contributed by atoms with E-state index in [1.54, 1.807) is 7.11 Å². The Labute approximate surface area is 99.7 Å². The van der Waals surface area contributed by atoms with Crippen LogP contribution in [0.3, 0.4) is 0 Å². The summed E-state index contributed by atoms with van der Waals surface area (Å²) < 4.78 is 5.22. The van der Waals surface area contributed by atoms with E-state index >= 15 is 0 Å². The van der Waals surface area contributed by atoms with Crippen LogP contribution in [0, 0.1) is 0 Å². The Morgan fingerprint density at radius 2 is 2.12 bits per heavy atom. The third kappa shape index (κ3) is 2.76. The van der Waals surface area contributed by atoms with Crippen LogP contribution >= 0.6 is 0 Å². The van der Waals surface area contributed by atoms with Crippen molar-refractivity contribution in [2.24, 2.45) is 0 Å². The van der Waals surface area contributed by atoms with Gasteiger partial charge in [0.05, 0.1) is 6.61 Å². The number of hydrogen-bond acceptors (Lipinski definition) is 3. The van der Waals surface area contributed by atoms with Crippen LogP contribution in [-0.4, -0.2) is 61.8 Å². The minimum absolute atomic E-state index is 0.754. The Morgan fingerprint density at radius 1 is 1.25 bits per heavy atom. The molecule has 0 saturated carbocycles. The maximum Gasteiger partial charge on any atom is 0.0589 e. The minimum Gasteiger partial charge on any atom is -0.383 e. The van der Waals surface area contributed by atoms with Crippen molar-refractivity contribution >= 4 is 0 Å². The highest BCUT2D eigenvalue weighted by Gasteiger charge is 2.33. The zero-order valence-electron chi connectivity index (χ0n) is 10.8. The van der Waals surface area contributed by atoms with E-state index in [0.29, 0.717) is 0 Å². The molecule has 0 bridgehead atoms. The van der Waals surface area contributed by atoms with Gasteiger partial charge in [0.1, 0.15) is 0 Å². The Balaban J connectivity index is 1.91. The van der Waals surface area contributed by atoms with Crippen LogP contribution in [0.1, 0.15) is 32.6 Å². The zero-order valence-corrected chi connectivity index (χ0v) is 10.8. The smallest absolute Gasteiger partial charge is 0.0589 e. The first-order valence-electron chi connectivity index (χ1n) is 6.82. The number of nitrogens with zero attached hydrogens (tertiary/aromatic N) is 2. The maximum absolute atomic E-state index is 5.22.